The molecule has 1 aliphatic rings. The van der Waals surface area contributed by atoms with E-state index in [0.29, 0.717) is 13.1 Å². The van der Waals surface area contributed by atoms with Crippen LogP contribution in [0.4, 0.5) is 0 Å². The van der Waals surface area contributed by atoms with Gasteiger partial charge in [0.2, 0.25) is 0 Å². The van der Waals surface area contributed by atoms with Crippen molar-refractivity contribution in [1.82, 2.24) is 9.03 Å². The molecule has 1 aliphatic heterocycles. The van der Waals surface area contributed by atoms with E-state index in [2.05, 4.69) is 29.8 Å². The molecule has 0 aromatic heterocycles. The van der Waals surface area contributed by atoms with E-state index in [0.717, 1.165) is 24.8 Å². The van der Waals surface area contributed by atoms with Gasteiger partial charge in [0.15, 0.2) is 0 Å². The number of benzene rings is 1. The molecule has 0 radical (unpaired) electrons. The lowest BCUT2D eigenvalue weighted by atomic mass is 9.91. The van der Waals surface area contributed by atoms with Crippen LogP contribution in [0.1, 0.15) is 49.4 Å². The average Bonchev–Trinajstić information content (AvgIpc) is 2.43. The fourth-order valence-electron chi connectivity index (χ4n) is 2.84. The van der Waals surface area contributed by atoms with E-state index < -0.39 is 10.2 Å². The van der Waals surface area contributed by atoms with Crippen LogP contribution in [0.25, 0.3) is 0 Å². The molecular weight excluding hydrogens is 272 g/mol. The average molecular weight is 296 g/mol. The molecular formula is C15H24N2O2S. The number of fused-ring (bicyclic) bond motifs is 1. The topological polar surface area (TPSA) is 49.4 Å². The maximum absolute atomic E-state index is 12.4. The third kappa shape index (κ3) is 3.05. The molecule has 0 spiro atoms. The van der Waals surface area contributed by atoms with Gasteiger partial charge in [-0.1, -0.05) is 37.6 Å². The summed E-state index contributed by atoms with van der Waals surface area (Å²) in [6.07, 6.45) is 2.39. The summed E-state index contributed by atoms with van der Waals surface area (Å²) in [6.45, 7) is 7.15. The SMILES string of the molecule is CCCNS(=O)(=O)N1CCc2cc(C)ccc2C1CC. The minimum atomic E-state index is -3.38. The summed E-state index contributed by atoms with van der Waals surface area (Å²) in [6, 6.07) is 6.28. The lowest BCUT2D eigenvalue weighted by Crippen LogP contribution is -2.46. The molecule has 0 bridgehead atoms. The van der Waals surface area contributed by atoms with E-state index in [1.807, 2.05) is 13.8 Å². The maximum Gasteiger partial charge on any atom is 0.280 e. The zero-order valence-electron chi connectivity index (χ0n) is 12.5. The van der Waals surface area contributed by atoms with Gasteiger partial charge in [-0.05, 0) is 37.3 Å². The predicted molar refractivity (Wildman–Crippen MR) is 81.8 cm³/mol. The van der Waals surface area contributed by atoms with Crippen molar-refractivity contribution in [2.45, 2.75) is 46.1 Å². The highest BCUT2D eigenvalue weighted by atomic mass is 32.2. The first kappa shape index (κ1) is 15.5. The maximum atomic E-state index is 12.4. The predicted octanol–water partition coefficient (Wildman–Crippen LogP) is 2.55. The van der Waals surface area contributed by atoms with Crippen LogP contribution >= 0.6 is 0 Å². The van der Waals surface area contributed by atoms with Crippen LogP contribution in [-0.4, -0.2) is 25.8 Å². The number of rotatable bonds is 5. The van der Waals surface area contributed by atoms with Crippen LogP contribution in [-0.2, 0) is 16.6 Å². The third-order valence-electron chi connectivity index (χ3n) is 3.84. The van der Waals surface area contributed by atoms with Gasteiger partial charge in [-0.3, -0.25) is 0 Å². The Morgan fingerprint density at radius 2 is 2.10 bits per heavy atom. The summed E-state index contributed by atoms with van der Waals surface area (Å²) >= 11 is 0. The molecule has 1 aromatic rings. The minimum absolute atomic E-state index is 0.0475. The molecule has 112 valence electrons. The van der Waals surface area contributed by atoms with Crippen molar-refractivity contribution in [2.75, 3.05) is 13.1 Å². The molecule has 1 aromatic carbocycles. The van der Waals surface area contributed by atoms with Gasteiger partial charge in [0.05, 0.1) is 6.04 Å². The van der Waals surface area contributed by atoms with E-state index in [4.69, 9.17) is 0 Å². The Morgan fingerprint density at radius 1 is 1.35 bits per heavy atom. The molecule has 1 N–H and O–H groups in total. The fraction of sp³-hybridized carbons (Fsp3) is 0.600. The zero-order valence-corrected chi connectivity index (χ0v) is 13.3. The van der Waals surface area contributed by atoms with Gasteiger partial charge >= 0.3 is 0 Å². The van der Waals surface area contributed by atoms with E-state index in [9.17, 15) is 8.42 Å². The standard InChI is InChI=1S/C15H24N2O2S/c1-4-9-16-20(18,19)17-10-8-13-11-12(3)6-7-14(13)15(17)5-2/h6-7,11,15-16H,4-5,8-10H2,1-3H3. The normalized spacial score (nSPS) is 19.9. The number of hydrogen-bond acceptors (Lipinski definition) is 2. The molecule has 1 unspecified atom stereocenters. The Kier molecular flexibility index (Phi) is 4.83. The van der Waals surface area contributed by atoms with Gasteiger partial charge in [-0.2, -0.15) is 12.7 Å². The molecule has 0 fully saturated rings. The summed E-state index contributed by atoms with van der Waals surface area (Å²) in [7, 11) is -3.38. The fourth-order valence-corrected chi connectivity index (χ4v) is 4.40. The number of nitrogens with one attached hydrogen (secondary N) is 1. The van der Waals surface area contributed by atoms with Gasteiger partial charge < -0.3 is 0 Å². The molecule has 4 nitrogen and oxygen atoms in total. The lowest BCUT2D eigenvalue weighted by molar-refractivity contribution is 0.296. The summed E-state index contributed by atoms with van der Waals surface area (Å²) in [4.78, 5) is 0. The van der Waals surface area contributed by atoms with Crippen LogP contribution in [0.2, 0.25) is 0 Å². The van der Waals surface area contributed by atoms with Crippen LogP contribution in [0.15, 0.2) is 18.2 Å². The molecule has 1 atom stereocenters. The Bertz CT molecular complexity index is 569. The second kappa shape index (κ2) is 6.24. The quantitative estimate of drug-likeness (QED) is 0.908. The minimum Gasteiger partial charge on any atom is -0.202 e. The van der Waals surface area contributed by atoms with Gasteiger partial charge in [0.1, 0.15) is 0 Å². The highest BCUT2D eigenvalue weighted by Gasteiger charge is 2.33. The largest absolute Gasteiger partial charge is 0.280 e. The van der Waals surface area contributed by atoms with E-state index in [1.54, 1.807) is 4.31 Å². The molecule has 20 heavy (non-hydrogen) atoms. The molecule has 0 saturated carbocycles. The van der Waals surface area contributed by atoms with Crippen LogP contribution in [0, 0.1) is 6.92 Å². The van der Waals surface area contributed by atoms with Crippen molar-refractivity contribution in [2.24, 2.45) is 0 Å². The summed E-state index contributed by atoms with van der Waals surface area (Å²) in [5, 5.41) is 0. The lowest BCUT2D eigenvalue weighted by Gasteiger charge is -2.36. The zero-order chi connectivity index (χ0) is 14.8. The first-order valence-electron chi connectivity index (χ1n) is 7.35. The van der Waals surface area contributed by atoms with Gasteiger partial charge in [-0.25, -0.2) is 4.72 Å². The van der Waals surface area contributed by atoms with Crippen LogP contribution < -0.4 is 4.72 Å². The number of aryl methyl sites for hydroxylation is 1. The summed E-state index contributed by atoms with van der Waals surface area (Å²) in [5.74, 6) is 0. The van der Waals surface area contributed by atoms with Crippen molar-refractivity contribution in [3.8, 4) is 0 Å². The Morgan fingerprint density at radius 3 is 2.75 bits per heavy atom. The van der Waals surface area contributed by atoms with E-state index >= 15 is 0 Å². The van der Waals surface area contributed by atoms with E-state index in [1.165, 1.54) is 11.1 Å². The van der Waals surface area contributed by atoms with Crippen LogP contribution in [0.3, 0.4) is 0 Å². The highest BCUT2D eigenvalue weighted by Crippen LogP contribution is 2.34. The molecule has 0 saturated heterocycles. The van der Waals surface area contributed by atoms with Crippen LogP contribution in [0.5, 0.6) is 0 Å². The van der Waals surface area contributed by atoms with Gasteiger partial charge in [0.25, 0.3) is 10.2 Å². The first-order valence-corrected chi connectivity index (χ1v) is 8.79. The molecule has 0 aliphatic carbocycles. The number of nitrogens with zero attached hydrogens (tertiary/aromatic N) is 1. The second-order valence-electron chi connectivity index (χ2n) is 5.39. The second-order valence-corrected chi connectivity index (χ2v) is 7.09. The molecule has 2 rings (SSSR count). The van der Waals surface area contributed by atoms with Gasteiger partial charge in [0, 0.05) is 13.1 Å². The number of hydrogen-bond donors (Lipinski definition) is 1. The van der Waals surface area contributed by atoms with Crippen molar-refractivity contribution >= 4 is 10.2 Å². The smallest absolute Gasteiger partial charge is 0.202 e. The Balaban J connectivity index is 2.32. The van der Waals surface area contributed by atoms with Crippen molar-refractivity contribution < 1.29 is 8.42 Å². The Labute approximate surface area is 122 Å². The van der Waals surface area contributed by atoms with Crippen molar-refractivity contribution in [3.05, 3.63) is 34.9 Å². The summed E-state index contributed by atoms with van der Waals surface area (Å²) < 4.78 is 29.1. The van der Waals surface area contributed by atoms with Crippen molar-refractivity contribution in [1.29, 1.82) is 0 Å². The monoisotopic (exact) mass is 296 g/mol. The molecule has 5 heteroatoms. The summed E-state index contributed by atoms with van der Waals surface area (Å²) in [5.41, 5.74) is 3.68. The molecule has 1 heterocycles. The van der Waals surface area contributed by atoms with Crippen molar-refractivity contribution in [3.63, 3.8) is 0 Å². The first-order chi connectivity index (χ1) is 9.49. The molecule has 0 amide bonds. The highest BCUT2D eigenvalue weighted by molar-refractivity contribution is 7.87. The third-order valence-corrected chi connectivity index (χ3v) is 5.46. The van der Waals surface area contributed by atoms with Gasteiger partial charge in [-0.15, -0.1) is 0 Å². The Hall–Kier alpha value is -0.910. The van der Waals surface area contributed by atoms with E-state index in [-0.39, 0.29) is 6.04 Å².